The number of hydrogen-bond donors (Lipinski definition) is 3. The summed E-state index contributed by atoms with van der Waals surface area (Å²) in [5.41, 5.74) is 0.322. The van der Waals surface area contributed by atoms with Gasteiger partial charge in [-0.1, -0.05) is 24.3 Å². The Morgan fingerprint density at radius 1 is 1.18 bits per heavy atom. The summed E-state index contributed by atoms with van der Waals surface area (Å²) in [7, 11) is 0. The van der Waals surface area contributed by atoms with Crippen LogP contribution in [-0.2, 0) is 26.3 Å². The topological polar surface area (TPSA) is 108 Å². The number of hydrogen-bond acceptors (Lipinski definition) is 4. The van der Waals surface area contributed by atoms with Crippen LogP contribution in [0.15, 0.2) is 24.3 Å². The summed E-state index contributed by atoms with van der Waals surface area (Å²) in [6.07, 6.45) is 2.13. The fourth-order valence-electron chi connectivity index (χ4n) is 3.80. The largest absolute Gasteiger partial charge is 0.350 e. The Bertz CT molecular complexity index is 830. The number of carbonyl (C=O) groups is 4. The molecule has 1 aromatic carbocycles. The molecule has 0 radical (unpaired) electrons. The molecular weight excluding hydrogens is 360 g/mol. The van der Waals surface area contributed by atoms with E-state index in [4.69, 9.17) is 0 Å². The van der Waals surface area contributed by atoms with Crippen molar-refractivity contribution < 1.29 is 19.2 Å². The van der Waals surface area contributed by atoms with Gasteiger partial charge in [0.2, 0.25) is 11.8 Å². The fraction of sp³-hybridized carbons (Fsp3) is 0.500. The third-order valence-electron chi connectivity index (χ3n) is 4.91. The molecule has 0 saturated carbocycles. The van der Waals surface area contributed by atoms with Gasteiger partial charge < -0.3 is 16.0 Å². The highest BCUT2D eigenvalue weighted by atomic mass is 16.2. The van der Waals surface area contributed by atoms with Gasteiger partial charge in [0.15, 0.2) is 0 Å². The van der Waals surface area contributed by atoms with Crippen molar-refractivity contribution >= 4 is 23.8 Å². The molecule has 3 N–H and O–H groups in total. The standard InChI is InChI=1S/C20H26N4O4/c1-19(2,3)22-15(25)11-21-16(26)12-24-17(27)20(23-18(24)28)10-6-8-13-7-4-5-9-14(13)20/h4-5,7,9H,6,8,10-12H2,1-3H3,(H,21,26)(H,22,25)(H,23,28). The summed E-state index contributed by atoms with van der Waals surface area (Å²) in [6.45, 7) is 4.87. The SMILES string of the molecule is CC(C)(C)NC(=O)CNC(=O)CN1C(=O)NC2(CCCc3ccccc32)C1=O. The Balaban J connectivity index is 1.67. The quantitative estimate of drug-likeness (QED) is 0.665. The Kier molecular flexibility index (Phi) is 5.14. The first-order valence-corrected chi connectivity index (χ1v) is 9.43. The fourth-order valence-corrected chi connectivity index (χ4v) is 3.80. The van der Waals surface area contributed by atoms with Gasteiger partial charge in [-0.25, -0.2) is 4.79 Å². The van der Waals surface area contributed by atoms with Crippen LogP contribution >= 0.6 is 0 Å². The Morgan fingerprint density at radius 3 is 2.61 bits per heavy atom. The number of nitrogens with zero attached hydrogens (tertiary/aromatic N) is 1. The monoisotopic (exact) mass is 386 g/mol. The molecule has 1 spiro atoms. The van der Waals surface area contributed by atoms with E-state index in [1.165, 1.54) is 0 Å². The van der Waals surface area contributed by atoms with E-state index in [1.807, 2.05) is 45.0 Å². The van der Waals surface area contributed by atoms with E-state index in [0.29, 0.717) is 6.42 Å². The van der Waals surface area contributed by atoms with Gasteiger partial charge in [0.1, 0.15) is 12.1 Å². The molecule has 0 bridgehead atoms. The number of urea groups is 1. The summed E-state index contributed by atoms with van der Waals surface area (Å²) in [4.78, 5) is 50.5. The maximum Gasteiger partial charge on any atom is 0.325 e. The lowest BCUT2D eigenvalue weighted by molar-refractivity contribution is -0.136. The Hall–Kier alpha value is -2.90. The van der Waals surface area contributed by atoms with Crippen LogP contribution in [0.25, 0.3) is 0 Å². The highest BCUT2D eigenvalue weighted by Crippen LogP contribution is 2.39. The molecular formula is C20H26N4O4. The van der Waals surface area contributed by atoms with E-state index in [-0.39, 0.29) is 12.5 Å². The van der Waals surface area contributed by atoms with Crippen LogP contribution < -0.4 is 16.0 Å². The van der Waals surface area contributed by atoms with Gasteiger partial charge in [-0.3, -0.25) is 19.3 Å². The van der Waals surface area contributed by atoms with Gasteiger partial charge in [-0.05, 0) is 51.2 Å². The second kappa shape index (κ2) is 7.26. The molecule has 0 aromatic heterocycles. The highest BCUT2D eigenvalue weighted by molar-refractivity contribution is 6.09. The van der Waals surface area contributed by atoms with E-state index in [1.54, 1.807) is 0 Å². The van der Waals surface area contributed by atoms with E-state index < -0.39 is 35.5 Å². The first-order chi connectivity index (χ1) is 13.1. The number of fused-ring (bicyclic) bond motifs is 2. The highest BCUT2D eigenvalue weighted by Gasteiger charge is 2.54. The van der Waals surface area contributed by atoms with E-state index in [2.05, 4.69) is 16.0 Å². The molecule has 1 aromatic rings. The smallest absolute Gasteiger partial charge is 0.325 e. The average Bonchev–Trinajstić information content (AvgIpc) is 2.84. The summed E-state index contributed by atoms with van der Waals surface area (Å²) >= 11 is 0. The van der Waals surface area contributed by atoms with Crippen LogP contribution in [0.4, 0.5) is 4.79 Å². The van der Waals surface area contributed by atoms with Gasteiger partial charge in [-0.2, -0.15) is 0 Å². The second-order valence-electron chi connectivity index (χ2n) is 8.31. The molecule has 2 aliphatic rings. The van der Waals surface area contributed by atoms with Crippen molar-refractivity contribution in [1.29, 1.82) is 0 Å². The lowest BCUT2D eigenvalue weighted by atomic mass is 9.76. The summed E-state index contributed by atoms with van der Waals surface area (Å²) < 4.78 is 0. The van der Waals surface area contributed by atoms with Crippen molar-refractivity contribution in [1.82, 2.24) is 20.9 Å². The van der Waals surface area contributed by atoms with Crippen molar-refractivity contribution in [3.8, 4) is 0 Å². The maximum atomic E-state index is 13.1. The molecule has 1 atom stereocenters. The molecule has 150 valence electrons. The number of aryl methyl sites for hydroxylation is 1. The molecule has 28 heavy (non-hydrogen) atoms. The minimum Gasteiger partial charge on any atom is -0.350 e. The van der Waals surface area contributed by atoms with Gasteiger partial charge >= 0.3 is 6.03 Å². The van der Waals surface area contributed by atoms with Gasteiger partial charge in [-0.15, -0.1) is 0 Å². The zero-order valence-electron chi connectivity index (χ0n) is 16.4. The van der Waals surface area contributed by atoms with E-state index >= 15 is 0 Å². The molecule has 8 heteroatoms. The van der Waals surface area contributed by atoms with Crippen LogP contribution in [0.2, 0.25) is 0 Å². The van der Waals surface area contributed by atoms with E-state index in [9.17, 15) is 19.2 Å². The number of benzene rings is 1. The molecule has 1 unspecified atom stereocenters. The molecule has 1 fully saturated rings. The van der Waals surface area contributed by atoms with E-state index in [0.717, 1.165) is 28.9 Å². The van der Waals surface area contributed by atoms with Crippen molar-refractivity contribution in [3.05, 3.63) is 35.4 Å². The molecule has 8 nitrogen and oxygen atoms in total. The molecule has 1 aliphatic carbocycles. The number of carbonyl (C=O) groups excluding carboxylic acids is 4. The van der Waals surface area contributed by atoms with Crippen LogP contribution in [-0.4, -0.2) is 47.3 Å². The zero-order valence-corrected chi connectivity index (χ0v) is 16.4. The molecule has 5 amide bonds. The van der Waals surface area contributed by atoms with Crippen LogP contribution in [0.3, 0.4) is 0 Å². The molecule has 1 aliphatic heterocycles. The molecule has 3 rings (SSSR count). The first kappa shape index (κ1) is 19.9. The normalized spacial score (nSPS) is 21.3. The third-order valence-corrected chi connectivity index (χ3v) is 4.91. The predicted octanol–water partition coefficient (Wildman–Crippen LogP) is 0.801. The van der Waals surface area contributed by atoms with Crippen molar-refractivity contribution in [2.75, 3.05) is 13.1 Å². The first-order valence-electron chi connectivity index (χ1n) is 9.43. The van der Waals surface area contributed by atoms with Crippen molar-refractivity contribution in [3.63, 3.8) is 0 Å². The molecule has 1 saturated heterocycles. The van der Waals surface area contributed by atoms with Gasteiger partial charge in [0.25, 0.3) is 5.91 Å². The Morgan fingerprint density at radius 2 is 1.89 bits per heavy atom. The van der Waals surface area contributed by atoms with Crippen LogP contribution in [0.1, 0.15) is 44.7 Å². The maximum absolute atomic E-state index is 13.1. The van der Waals surface area contributed by atoms with Crippen LogP contribution in [0, 0.1) is 0 Å². The van der Waals surface area contributed by atoms with Crippen molar-refractivity contribution in [2.45, 2.75) is 51.1 Å². The zero-order chi connectivity index (χ0) is 20.5. The number of nitrogens with one attached hydrogen (secondary N) is 3. The van der Waals surface area contributed by atoms with Crippen LogP contribution in [0.5, 0.6) is 0 Å². The number of rotatable bonds is 4. The number of amides is 5. The average molecular weight is 386 g/mol. The summed E-state index contributed by atoms with van der Waals surface area (Å²) in [5.74, 6) is -1.32. The lowest BCUT2D eigenvalue weighted by Gasteiger charge is -2.33. The third kappa shape index (κ3) is 3.85. The number of imide groups is 1. The molecule has 1 heterocycles. The second-order valence-corrected chi connectivity index (χ2v) is 8.31. The Labute approximate surface area is 164 Å². The predicted molar refractivity (Wildman–Crippen MR) is 102 cm³/mol. The van der Waals surface area contributed by atoms with Crippen molar-refractivity contribution in [2.24, 2.45) is 0 Å². The van der Waals surface area contributed by atoms with Gasteiger partial charge in [0, 0.05) is 5.54 Å². The summed E-state index contributed by atoms with van der Waals surface area (Å²) in [6, 6.07) is 6.98. The lowest BCUT2D eigenvalue weighted by Crippen LogP contribution is -2.49. The van der Waals surface area contributed by atoms with Gasteiger partial charge in [0.05, 0.1) is 6.54 Å². The minimum absolute atomic E-state index is 0.215. The summed E-state index contributed by atoms with van der Waals surface area (Å²) in [5, 5.41) is 7.99. The minimum atomic E-state index is -1.10.